The summed E-state index contributed by atoms with van der Waals surface area (Å²) in [6, 6.07) is 16.0. The summed E-state index contributed by atoms with van der Waals surface area (Å²) in [5, 5.41) is 13.3. The van der Waals surface area contributed by atoms with Crippen LogP contribution in [0.15, 0.2) is 59.7 Å². The monoisotopic (exact) mass is 212 g/mol. The van der Waals surface area contributed by atoms with Crippen molar-refractivity contribution in [2.24, 2.45) is 5.11 Å². The normalized spacial score (nSPS) is 12.0. The van der Waals surface area contributed by atoms with Crippen molar-refractivity contribution in [3.8, 4) is 5.75 Å². The molecule has 2 aromatic carbocycles. The molecule has 0 spiro atoms. The van der Waals surface area contributed by atoms with E-state index in [0.717, 1.165) is 5.56 Å². The lowest BCUT2D eigenvalue weighted by molar-refractivity contribution is 0.464. The van der Waals surface area contributed by atoms with E-state index in [2.05, 4.69) is 5.11 Å². The highest BCUT2D eigenvalue weighted by Gasteiger charge is 2.15. The fourth-order valence-electron chi connectivity index (χ4n) is 1.68. The van der Waals surface area contributed by atoms with Gasteiger partial charge in [-0.1, -0.05) is 48.5 Å². The molecule has 0 fully saturated rings. The fourth-order valence-corrected chi connectivity index (χ4v) is 1.68. The van der Waals surface area contributed by atoms with Crippen LogP contribution < -0.4 is 0 Å². The van der Waals surface area contributed by atoms with Gasteiger partial charge < -0.3 is 5.11 Å². The maximum Gasteiger partial charge on any atom is 0.124 e. The number of para-hydroxylation sites is 1. The van der Waals surface area contributed by atoms with E-state index in [9.17, 15) is 5.11 Å². The minimum atomic E-state index is -0.428. The minimum Gasteiger partial charge on any atom is -0.508 e. The van der Waals surface area contributed by atoms with Crippen molar-refractivity contribution >= 4 is 0 Å². The van der Waals surface area contributed by atoms with E-state index in [1.165, 1.54) is 0 Å². The van der Waals surface area contributed by atoms with Crippen LogP contribution in [0.5, 0.6) is 5.75 Å². The number of benzene rings is 2. The lowest BCUT2D eigenvalue weighted by Gasteiger charge is -2.12. The molecule has 0 saturated heterocycles. The van der Waals surface area contributed by atoms with Gasteiger partial charge >= 0.3 is 0 Å². The number of hydrogen-bond donors (Lipinski definition) is 2. The second kappa shape index (κ2) is 4.57. The second-order valence-corrected chi connectivity index (χ2v) is 3.50. The van der Waals surface area contributed by atoms with E-state index in [4.69, 9.17) is 5.53 Å². The molecule has 1 atom stereocenters. The molecule has 0 aliphatic carbocycles. The van der Waals surface area contributed by atoms with E-state index in [0.29, 0.717) is 5.56 Å². The SMILES string of the molecule is N=NC(c1ccccc1)c1ccccc1O. The molecule has 0 amide bonds. The molecular weight excluding hydrogens is 200 g/mol. The van der Waals surface area contributed by atoms with E-state index < -0.39 is 6.04 Å². The van der Waals surface area contributed by atoms with Crippen molar-refractivity contribution in [3.63, 3.8) is 0 Å². The first-order valence-electron chi connectivity index (χ1n) is 5.02. The van der Waals surface area contributed by atoms with Crippen molar-refractivity contribution < 1.29 is 5.11 Å². The Hall–Kier alpha value is -2.16. The topological polar surface area (TPSA) is 56.4 Å². The van der Waals surface area contributed by atoms with Gasteiger partial charge in [-0.15, -0.1) is 0 Å². The Morgan fingerprint density at radius 2 is 1.56 bits per heavy atom. The standard InChI is InChI=1S/C13H12N2O/c14-15-13(10-6-2-1-3-7-10)11-8-4-5-9-12(11)16/h1-9,13-14,16H. The highest BCUT2D eigenvalue weighted by molar-refractivity contribution is 5.40. The number of hydrogen-bond acceptors (Lipinski definition) is 3. The first-order valence-corrected chi connectivity index (χ1v) is 5.02. The van der Waals surface area contributed by atoms with Gasteiger partial charge in [0.2, 0.25) is 0 Å². The summed E-state index contributed by atoms with van der Waals surface area (Å²) in [5.74, 6) is 0.173. The first-order chi connectivity index (χ1) is 7.83. The minimum absolute atomic E-state index is 0.173. The fraction of sp³-hybridized carbons (Fsp3) is 0.0769. The van der Waals surface area contributed by atoms with Gasteiger partial charge in [-0.05, 0) is 11.6 Å². The zero-order valence-electron chi connectivity index (χ0n) is 8.67. The predicted molar refractivity (Wildman–Crippen MR) is 61.5 cm³/mol. The van der Waals surface area contributed by atoms with Crippen LogP contribution in [0, 0.1) is 5.53 Å². The molecule has 2 N–H and O–H groups in total. The molecule has 0 aliphatic heterocycles. The van der Waals surface area contributed by atoms with Crippen molar-refractivity contribution in [2.45, 2.75) is 6.04 Å². The summed E-state index contributed by atoms with van der Waals surface area (Å²) in [6.45, 7) is 0. The van der Waals surface area contributed by atoms with Gasteiger partial charge in [0.1, 0.15) is 11.8 Å². The van der Waals surface area contributed by atoms with Crippen LogP contribution in [0.4, 0.5) is 0 Å². The molecule has 0 heterocycles. The number of phenolic OH excluding ortho intramolecular Hbond substituents is 1. The Balaban J connectivity index is 2.45. The van der Waals surface area contributed by atoms with Crippen LogP contribution in [-0.2, 0) is 0 Å². The molecule has 3 heteroatoms. The van der Waals surface area contributed by atoms with Gasteiger partial charge in [0.15, 0.2) is 0 Å². The third kappa shape index (κ3) is 1.93. The predicted octanol–water partition coefficient (Wildman–Crippen LogP) is 3.51. The summed E-state index contributed by atoms with van der Waals surface area (Å²) in [4.78, 5) is 0. The Kier molecular flexibility index (Phi) is 2.96. The van der Waals surface area contributed by atoms with E-state index >= 15 is 0 Å². The lowest BCUT2D eigenvalue weighted by Crippen LogP contribution is -1.97. The van der Waals surface area contributed by atoms with Gasteiger partial charge in [-0.2, -0.15) is 5.11 Å². The Labute approximate surface area is 93.9 Å². The van der Waals surface area contributed by atoms with E-state index in [1.807, 2.05) is 36.4 Å². The highest BCUT2D eigenvalue weighted by Crippen LogP contribution is 2.31. The van der Waals surface area contributed by atoms with Crippen LogP contribution in [-0.4, -0.2) is 5.11 Å². The highest BCUT2D eigenvalue weighted by atomic mass is 16.3. The smallest absolute Gasteiger partial charge is 0.124 e. The average Bonchev–Trinajstić information content (AvgIpc) is 2.34. The maximum absolute atomic E-state index is 9.73. The quantitative estimate of drug-likeness (QED) is 0.751. The molecule has 16 heavy (non-hydrogen) atoms. The van der Waals surface area contributed by atoms with Crippen molar-refractivity contribution in [1.82, 2.24) is 0 Å². The molecule has 1 unspecified atom stereocenters. The lowest BCUT2D eigenvalue weighted by atomic mass is 9.99. The summed E-state index contributed by atoms with van der Waals surface area (Å²) in [6.07, 6.45) is 0. The number of nitrogens with one attached hydrogen (secondary N) is 1. The average molecular weight is 212 g/mol. The van der Waals surface area contributed by atoms with Crippen LogP contribution in [0.25, 0.3) is 0 Å². The Morgan fingerprint density at radius 1 is 0.938 bits per heavy atom. The van der Waals surface area contributed by atoms with Crippen LogP contribution in [0.3, 0.4) is 0 Å². The van der Waals surface area contributed by atoms with Gasteiger partial charge in [0.05, 0.1) is 0 Å². The number of aromatic hydroxyl groups is 1. The van der Waals surface area contributed by atoms with Gasteiger partial charge in [-0.25, -0.2) is 5.53 Å². The largest absolute Gasteiger partial charge is 0.508 e. The van der Waals surface area contributed by atoms with Crippen LogP contribution in [0.2, 0.25) is 0 Å². The number of nitrogens with zero attached hydrogens (tertiary/aromatic N) is 1. The molecule has 2 aromatic rings. The van der Waals surface area contributed by atoms with Gasteiger partial charge in [-0.3, -0.25) is 0 Å². The molecule has 0 bridgehead atoms. The summed E-state index contributed by atoms with van der Waals surface area (Å²) in [7, 11) is 0. The van der Waals surface area contributed by atoms with Crippen LogP contribution >= 0.6 is 0 Å². The summed E-state index contributed by atoms with van der Waals surface area (Å²) in [5.41, 5.74) is 8.80. The van der Waals surface area contributed by atoms with Gasteiger partial charge in [0.25, 0.3) is 0 Å². The number of rotatable bonds is 3. The Morgan fingerprint density at radius 3 is 2.19 bits per heavy atom. The molecular formula is C13H12N2O. The maximum atomic E-state index is 9.73. The molecule has 80 valence electrons. The second-order valence-electron chi connectivity index (χ2n) is 3.50. The Bertz CT molecular complexity index is 482. The first kappa shape index (κ1) is 10.4. The molecule has 0 saturated carbocycles. The number of phenols is 1. The van der Waals surface area contributed by atoms with E-state index in [-0.39, 0.29) is 5.75 Å². The van der Waals surface area contributed by atoms with Crippen molar-refractivity contribution in [3.05, 3.63) is 65.7 Å². The molecule has 0 aromatic heterocycles. The van der Waals surface area contributed by atoms with Crippen LogP contribution in [0.1, 0.15) is 17.2 Å². The molecule has 0 aliphatic rings. The molecule has 3 nitrogen and oxygen atoms in total. The third-order valence-electron chi connectivity index (χ3n) is 2.48. The van der Waals surface area contributed by atoms with Crippen molar-refractivity contribution in [2.75, 3.05) is 0 Å². The summed E-state index contributed by atoms with van der Waals surface area (Å²) < 4.78 is 0. The molecule has 2 rings (SSSR count). The third-order valence-corrected chi connectivity index (χ3v) is 2.48. The van der Waals surface area contributed by atoms with Crippen molar-refractivity contribution in [1.29, 1.82) is 5.53 Å². The zero-order chi connectivity index (χ0) is 11.4. The summed E-state index contributed by atoms with van der Waals surface area (Å²) >= 11 is 0. The zero-order valence-corrected chi connectivity index (χ0v) is 8.67. The molecule has 0 radical (unpaired) electrons. The van der Waals surface area contributed by atoms with E-state index in [1.54, 1.807) is 18.2 Å². The van der Waals surface area contributed by atoms with Gasteiger partial charge in [0, 0.05) is 5.56 Å².